The third kappa shape index (κ3) is 6.07. The third-order valence-corrected chi connectivity index (χ3v) is 2.94. The lowest BCUT2D eigenvalue weighted by atomic mass is 10.2. The Labute approximate surface area is 96.9 Å². The topological polar surface area (TPSA) is 24.9 Å². The quantitative estimate of drug-likeness (QED) is 0.786. The molecule has 0 spiro atoms. The van der Waals surface area contributed by atoms with Crippen molar-refractivity contribution in [3.8, 4) is 0 Å². The molecule has 1 heterocycles. The predicted octanol–water partition coefficient (Wildman–Crippen LogP) is 3.27. The molecule has 0 aliphatic heterocycles. The van der Waals surface area contributed by atoms with Gasteiger partial charge in [0.05, 0.1) is 5.01 Å². The Morgan fingerprint density at radius 1 is 1.38 bits per heavy atom. The number of alkyl halides is 3. The molecule has 0 radical (unpaired) electrons. The fourth-order valence-corrected chi connectivity index (χ4v) is 2.04. The van der Waals surface area contributed by atoms with E-state index in [1.165, 1.54) is 0 Å². The predicted molar refractivity (Wildman–Crippen MR) is 58.5 cm³/mol. The van der Waals surface area contributed by atoms with Crippen LogP contribution in [0.1, 0.15) is 29.1 Å². The molecule has 0 unspecified atom stereocenters. The molecular weight excluding hydrogens is 237 g/mol. The van der Waals surface area contributed by atoms with Crippen molar-refractivity contribution in [1.82, 2.24) is 10.3 Å². The molecule has 0 amide bonds. The number of aromatic nitrogens is 1. The molecule has 1 aromatic rings. The van der Waals surface area contributed by atoms with E-state index in [9.17, 15) is 13.2 Å². The number of aryl methyl sites for hydroxylation is 1. The summed E-state index contributed by atoms with van der Waals surface area (Å²) in [6, 6.07) is 0. The van der Waals surface area contributed by atoms with Crippen LogP contribution in [0.15, 0.2) is 6.20 Å². The van der Waals surface area contributed by atoms with Gasteiger partial charge in [-0.1, -0.05) is 0 Å². The average molecular weight is 252 g/mol. The van der Waals surface area contributed by atoms with Crippen LogP contribution in [0, 0.1) is 6.92 Å². The minimum atomic E-state index is -4.02. The minimum absolute atomic E-state index is 0.193. The summed E-state index contributed by atoms with van der Waals surface area (Å²) in [5.74, 6) is 0. The number of hydrogen-bond donors (Lipinski definition) is 1. The summed E-state index contributed by atoms with van der Waals surface area (Å²) in [6.07, 6.45) is -2.17. The molecule has 92 valence electrons. The first-order valence-electron chi connectivity index (χ1n) is 5.16. The molecule has 0 saturated heterocycles. The SMILES string of the molecule is Cc1ncc(CNCCCCC(F)(F)F)s1. The van der Waals surface area contributed by atoms with Gasteiger partial charge < -0.3 is 5.32 Å². The molecule has 6 heteroatoms. The molecule has 0 atom stereocenters. The highest BCUT2D eigenvalue weighted by molar-refractivity contribution is 7.11. The number of nitrogens with zero attached hydrogens (tertiary/aromatic N) is 1. The molecule has 1 aromatic heterocycles. The molecule has 0 aliphatic carbocycles. The van der Waals surface area contributed by atoms with E-state index >= 15 is 0 Å². The van der Waals surface area contributed by atoms with Gasteiger partial charge in [-0.15, -0.1) is 11.3 Å². The van der Waals surface area contributed by atoms with Crippen molar-refractivity contribution in [2.75, 3.05) is 6.54 Å². The van der Waals surface area contributed by atoms with Crippen molar-refractivity contribution >= 4 is 11.3 Å². The van der Waals surface area contributed by atoms with Crippen LogP contribution >= 0.6 is 11.3 Å². The fourth-order valence-electron chi connectivity index (χ4n) is 1.27. The van der Waals surface area contributed by atoms with E-state index in [1.807, 2.05) is 6.92 Å². The summed E-state index contributed by atoms with van der Waals surface area (Å²) in [5.41, 5.74) is 0. The Hall–Kier alpha value is -0.620. The van der Waals surface area contributed by atoms with Crippen molar-refractivity contribution in [1.29, 1.82) is 0 Å². The standard InChI is InChI=1S/C10H15F3N2S/c1-8-15-7-9(16-8)6-14-5-3-2-4-10(11,12)13/h7,14H,2-6H2,1H3. The maximum absolute atomic E-state index is 11.8. The van der Waals surface area contributed by atoms with Crippen LogP contribution in [0.25, 0.3) is 0 Å². The highest BCUT2D eigenvalue weighted by atomic mass is 32.1. The van der Waals surface area contributed by atoms with Crippen LogP contribution in [0.5, 0.6) is 0 Å². The molecule has 0 aliphatic rings. The summed E-state index contributed by atoms with van der Waals surface area (Å²) >= 11 is 1.60. The second-order valence-corrected chi connectivity index (χ2v) is 4.91. The van der Waals surface area contributed by atoms with Crippen LogP contribution in [-0.4, -0.2) is 17.7 Å². The van der Waals surface area contributed by atoms with Crippen LogP contribution in [-0.2, 0) is 6.54 Å². The van der Waals surface area contributed by atoms with Gasteiger partial charge in [0, 0.05) is 24.0 Å². The molecular formula is C10H15F3N2S. The zero-order chi connectivity index (χ0) is 12.0. The van der Waals surface area contributed by atoms with Crippen molar-refractivity contribution in [2.45, 2.75) is 38.9 Å². The molecule has 1 rings (SSSR count). The van der Waals surface area contributed by atoms with Crippen LogP contribution in [0.2, 0.25) is 0 Å². The van der Waals surface area contributed by atoms with Gasteiger partial charge in [0.1, 0.15) is 0 Å². The van der Waals surface area contributed by atoms with Gasteiger partial charge in [0.15, 0.2) is 0 Å². The molecule has 0 bridgehead atoms. The zero-order valence-electron chi connectivity index (χ0n) is 9.10. The first-order chi connectivity index (χ1) is 7.47. The van der Waals surface area contributed by atoms with Crippen molar-refractivity contribution < 1.29 is 13.2 Å². The van der Waals surface area contributed by atoms with Gasteiger partial charge in [-0.25, -0.2) is 4.98 Å². The van der Waals surface area contributed by atoms with Gasteiger partial charge in [-0.3, -0.25) is 0 Å². The lowest BCUT2D eigenvalue weighted by Crippen LogP contribution is -2.15. The van der Waals surface area contributed by atoms with Gasteiger partial charge in [-0.05, 0) is 26.3 Å². The lowest BCUT2D eigenvalue weighted by molar-refractivity contribution is -0.135. The Balaban J connectivity index is 2.00. The number of rotatable bonds is 6. The Morgan fingerprint density at radius 2 is 2.12 bits per heavy atom. The second kappa shape index (κ2) is 6.20. The largest absolute Gasteiger partial charge is 0.389 e. The van der Waals surface area contributed by atoms with E-state index in [-0.39, 0.29) is 6.42 Å². The summed E-state index contributed by atoms with van der Waals surface area (Å²) < 4.78 is 35.4. The number of unbranched alkanes of at least 4 members (excludes halogenated alkanes) is 1. The number of nitrogens with one attached hydrogen (secondary N) is 1. The van der Waals surface area contributed by atoms with E-state index in [0.29, 0.717) is 19.5 Å². The molecule has 0 saturated carbocycles. The highest BCUT2D eigenvalue weighted by Crippen LogP contribution is 2.21. The van der Waals surface area contributed by atoms with E-state index in [1.54, 1.807) is 17.5 Å². The highest BCUT2D eigenvalue weighted by Gasteiger charge is 2.25. The first kappa shape index (κ1) is 13.4. The minimum Gasteiger partial charge on any atom is -0.312 e. The van der Waals surface area contributed by atoms with Crippen molar-refractivity contribution in [2.24, 2.45) is 0 Å². The van der Waals surface area contributed by atoms with Crippen LogP contribution < -0.4 is 5.32 Å². The molecule has 2 nitrogen and oxygen atoms in total. The zero-order valence-corrected chi connectivity index (χ0v) is 9.92. The van der Waals surface area contributed by atoms with Crippen LogP contribution in [0.3, 0.4) is 0 Å². The summed E-state index contributed by atoms with van der Waals surface area (Å²) in [7, 11) is 0. The Morgan fingerprint density at radius 3 is 2.69 bits per heavy atom. The van der Waals surface area contributed by atoms with E-state index in [4.69, 9.17) is 0 Å². The third-order valence-electron chi connectivity index (χ3n) is 2.03. The number of hydrogen-bond acceptors (Lipinski definition) is 3. The van der Waals surface area contributed by atoms with E-state index in [2.05, 4.69) is 10.3 Å². The van der Waals surface area contributed by atoms with Gasteiger partial charge in [-0.2, -0.15) is 13.2 Å². The summed E-state index contributed by atoms with van der Waals surface area (Å²) in [6.45, 7) is 3.24. The van der Waals surface area contributed by atoms with E-state index < -0.39 is 12.6 Å². The van der Waals surface area contributed by atoms with Gasteiger partial charge in [0.25, 0.3) is 0 Å². The maximum Gasteiger partial charge on any atom is 0.389 e. The lowest BCUT2D eigenvalue weighted by Gasteiger charge is -2.06. The smallest absolute Gasteiger partial charge is 0.312 e. The molecule has 0 aromatic carbocycles. The maximum atomic E-state index is 11.8. The van der Waals surface area contributed by atoms with Gasteiger partial charge in [0.2, 0.25) is 0 Å². The molecule has 16 heavy (non-hydrogen) atoms. The van der Waals surface area contributed by atoms with Crippen molar-refractivity contribution in [3.63, 3.8) is 0 Å². The first-order valence-corrected chi connectivity index (χ1v) is 5.98. The van der Waals surface area contributed by atoms with Crippen molar-refractivity contribution in [3.05, 3.63) is 16.1 Å². The average Bonchev–Trinajstić information content (AvgIpc) is 2.56. The molecule has 0 fully saturated rings. The molecule has 1 N–H and O–H groups in total. The number of halogens is 3. The Kier molecular flexibility index (Phi) is 5.21. The number of thiazole rings is 1. The summed E-state index contributed by atoms with van der Waals surface area (Å²) in [4.78, 5) is 5.21. The van der Waals surface area contributed by atoms with Crippen LogP contribution in [0.4, 0.5) is 13.2 Å². The fraction of sp³-hybridized carbons (Fsp3) is 0.700. The summed E-state index contributed by atoms with van der Waals surface area (Å²) in [5, 5.41) is 4.11. The van der Waals surface area contributed by atoms with Gasteiger partial charge >= 0.3 is 6.18 Å². The monoisotopic (exact) mass is 252 g/mol. The van der Waals surface area contributed by atoms with E-state index in [0.717, 1.165) is 9.88 Å². The Bertz CT molecular complexity index is 309. The normalized spacial score (nSPS) is 12.0. The second-order valence-electron chi connectivity index (χ2n) is 3.59.